The number of carboxylic acids is 1. The van der Waals surface area contributed by atoms with Crippen molar-refractivity contribution in [2.75, 3.05) is 41.7 Å². The molecule has 2 atom stereocenters. The molecular weight excluding hydrogens is 699 g/mol. The van der Waals surface area contributed by atoms with Crippen molar-refractivity contribution in [3.63, 3.8) is 0 Å². The first-order valence-corrected chi connectivity index (χ1v) is 18.5. The Morgan fingerprint density at radius 3 is 2.17 bits per heavy atom. The molecule has 13 heteroatoms. The number of carboxylic acid groups (broad SMARTS) is 1. The van der Waals surface area contributed by atoms with Gasteiger partial charge in [-0.2, -0.15) is 0 Å². The van der Waals surface area contributed by atoms with E-state index in [1.165, 1.54) is 21.7 Å². The number of Topliss-reactive ketones (excluding diaryl/α,β-unsaturated/α-hetero) is 1. The van der Waals surface area contributed by atoms with E-state index >= 15 is 0 Å². The largest absolute Gasteiger partial charge is 0.477 e. The molecule has 266 valence electrons. The van der Waals surface area contributed by atoms with Crippen LogP contribution in [0, 0.1) is 5.92 Å². The van der Waals surface area contributed by atoms with E-state index in [9.17, 15) is 24.3 Å². The number of nitrogens with two attached hydrogens (primary N) is 1. The van der Waals surface area contributed by atoms with Gasteiger partial charge in [0.05, 0.1) is 28.4 Å². The van der Waals surface area contributed by atoms with E-state index in [0.29, 0.717) is 34.9 Å². The van der Waals surface area contributed by atoms with Crippen LogP contribution in [0.3, 0.4) is 0 Å². The summed E-state index contributed by atoms with van der Waals surface area (Å²) in [7, 11) is 5.67. The van der Waals surface area contributed by atoms with Gasteiger partial charge in [0, 0.05) is 55.2 Å². The highest BCUT2D eigenvalue weighted by molar-refractivity contribution is 8.00. The van der Waals surface area contributed by atoms with E-state index in [4.69, 9.17) is 10.6 Å². The van der Waals surface area contributed by atoms with Gasteiger partial charge in [0.2, 0.25) is 5.91 Å². The fraction of sp³-hybridized carbons (Fsp3) is 0.231. The number of carbonyl (C=O) groups is 4. The van der Waals surface area contributed by atoms with Crippen LogP contribution in [-0.2, 0) is 27.2 Å². The van der Waals surface area contributed by atoms with Crippen molar-refractivity contribution in [3.05, 3.63) is 113 Å². The van der Waals surface area contributed by atoms with E-state index in [2.05, 4.69) is 0 Å². The zero-order valence-corrected chi connectivity index (χ0v) is 30.4. The lowest BCUT2D eigenvalue weighted by molar-refractivity contribution is -0.154. The third-order valence-corrected chi connectivity index (χ3v) is 11.8. The number of hydrogen-bond acceptors (Lipinski definition) is 10. The maximum Gasteiger partial charge on any atom is 0.424 e. The molecule has 0 aromatic heterocycles. The predicted octanol–water partition coefficient (Wildman–Crippen LogP) is 6.48. The number of amides is 2. The summed E-state index contributed by atoms with van der Waals surface area (Å²) in [6, 6.07) is 27.8. The lowest BCUT2D eigenvalue weighted by Gasteiger charge is -2.49. The van der Waals surface area contributed by atoms with Crippen LogP contribution in [0.4, 0.5) is 27.5 Å². The Morgan fingerprint density at radius 2 is 1.54 bits per heavy atom. The molecule has 1 fully saturated rings. The average molecular weight is 736 g/mol. The van der Waals surface area contributed by atoms with Crippen LogP contribution in [0.2, 0.25) is 0 Å². The summed E-state index contributed by atoms with van der Waals surface area (Å²) < 4.78 is 5.90. The second kappa shape index (κ2) is 14.4. The monoisotopic (exact) mass is 735 g/mol. The molecule has 3 N–H and O–H groups in total. The number of ketones is 1. The number of β-lactam (4-membered cyclic amide) rings is 1. The molecule has 0 bridgehead atoms. The van der Waals surface area contributed by atoms with Gasteiger partial charge < -0.3 is 19.8 Å². The molecule has 4 aromatic rings. The minimum Gasteiger partial charge on any atom is -0.477 e. The topological polar surface area (TPSA) is 137 Å². The lowest BCUT2D eigenvalue weighted by Crippen LogP contribution is -2.61. The van der Waals surface area contributed by atoms with Crippen LogP contribution in [0.1, 0.15) is 17.5 Å². The van der Waals surface area contributed by atoms with Crippen molar-refractivity contribution in [2.24, 2.45) is 11.8 Å². The molecule has 0 spiro atoms. The summed E-state index contributed by atoms with van der Waals surface area (Å²) in [6.07, 6.45) is 0.0394. The zero-order valence-electron chi connectivity index (χ0n) is 28.8. The normalized spacial score (nSPS) is 17.4. The molecular formula is C39H37N5O6S2. The number of thioether (sulfide) groups is 1. The van der Waals surface area contributed by atoms with Crippen LogP contribution in [0.5, 0.6) is 5.75 Å². The molecule has 2 amide bonds. The van der Waals surface area contributed by atoms with Gasteiger partial charge in [-0.3, -0.25) is 14.5 Å². The Labute approximate surface area is 310 Å². The summed E-state index contributed by atoms with van der Waals surface area (Å²) in [5.41, 5.74) is 5.44. The maximum absolute atomic E-state index is 13.9. The molecule has 0 saturated carbocycles. The van der Waals surface area contributed by atoms with E-state index in [0.717, 1.165) is 32.3 Å². The molecule has 0 aliphatic carbocycles. The van der Waals surface area contributed by atoms with Crippen LogP contribution in [0.15, 0.2) is 112 Å². The SMILES string of the molecule is CN(C)c1ccc2c(c1)Sc1cc(N(C)N)ccc1N2C(=O)Oc1ccc(CC2=C(C(=O)O)N3C(=O)[C@@H](CC(=O)Cc4ccccc4)[C@H]3SC2)cc1. The Hall–Kier alpha value is -5.24. The van der Waals surface area contributed by atoms with Crippen molar-refractivity contribution < 1.29 is 29.0 Å². The minimum absolute atomic E-state index is 0.0160. The van der Waals surface area contributed by atoms with Crippen molar-refractivity contribution in [2.45, 2.75) is 34.4 Å². The van der Waals surface area contributed by atoms with Gasteiger partial charge in [-0.15, -0.1) is 11.8 Å². The first-order valence-electron chi connectivity index (χ1n) is 16.7. The fourth-order valence-electron chi connectivity index (χ4n) is 6.64. The van der Waals surface area contributed by atoms with Gasteiger partial charge in [-0.1, -0.05) is 54.2 Å². The third kappa shape index (κ3) is 6.86. The first kappa shape index (κ1) is 35.2. The summed E-state index contributed by atoms with van der Waals surface area (Å²) in [6.45, 7) is 0. The summed E-state index contributed by atoms with van der Waals surface area (Å²) >= 11 is 3.04. The van der Waals surface area contributed by atoms with Crippen LogP contribution in [0.25, 0.3) is 0 Å². The number of fused-ring (bicyclic) bond motifs is 3. The minimum atomic E-state index is -1.17. The Morgan fingerprint density at radius 1 is 0.885 bits per heavy atom. The first-order chi connectivity index (χ1) is 25.0. The number of carbonyl (C=O) groups excluding carboxylic acids is 3. The average Bonchev–Trinajstić information content (AvgIpc) is 3.13. The Balaban J connectivity index is 1.06. The number of ether oxygens (including phenoxy) is 1. The summed E-state index contributed by atoms with van der Waals surface area (Å²) in [5, 5.41) is 11.3. The quantitative estimate of drug-likeness (QED) is 0.105. The molecule has 52 heavy (non-hydrogen) atoms. The maximum atomic E-state index is 13.9. The summed E-state index contributed by atoms with van der Waals surface area (Å²) in [5.74, 6) is 4.66. The van der Waals surface area contributed by atoms with Crippen LogP contribution in [-0.4, -0.2) is 66.0 Å². The number of benzene rings is 4. The van der Waals surface area contributed by atoms with E-state index < -0.39 is 18.0 Å². The smallest absolute Gasteiger partial charge is 0.424 e. The van der Waals surface area contributed by atoms with E-state index in [-0.39, 0.29) is 35.6 Å². The second-order valence-electron chi connectivity index (χ2n) is 13.1. The van der Waals surface area contributed by atoms with Crippen LogP contribution < -0.4 is 25.4 Å². The van der Waals surface area contributed by atoms with Crippen molar-refractivity contribution in [1.82, 2.24) is 4.90 Å². The van der Waals surface area contributed by atoms with Crippen molar-refractivity contribution in [1.29, 1.82) is 0 Å². The number of hydrogen-bond donors (Lipinski definition) is 2. The molecule has 11 nitrogen and oxygen atoms in total. The standard InChI is InChI=1S/C39H37N5O6S2/c1-41(2)26-11-15-31-33(19-26)52-34-20-27(42(3)40)12-16-32(34)43(31)39(49)50-29-13-9-24(10-14-29)17-25-22-51-37-30(36(46)44(37)35(25)38(47)48)21-28(45)18-23-7-5-4-6-8-23/h4-16,19-20,30,37H,17-18,21-22,40H2,1-3H3,(H,47,48)/t30-,37-/m1/s1. The Bertz CT molecular complexity index is 2050. The van der Waals surface area contributed by atoms with E-state index in [1.54, 1.807) is 48.0 Å². The number of rotatable bonds is 10. The second-order valence-corrected chi connectivity index (χ2v) is 15.3. The van der Waals surface area contributed by atoms with Gasteiger partial charge in [0.15, 0.2) is 0 Å². The number of hydrazine groups is 1. The van der Waals surface area contributed by atoms with E-state index in [1.807, 2.05) is 85.7 Å². The highest BCUT2D eigenvalue weighted by Gasteiger charge is 2.53. The zero-order chi connectivity index (χ0) is 36.7. The van der Waals surface area contributed by atoms with Gasteiger partial charge >= 0.3 is 12.1 Å². The molecule has 3 aliphatic rings. The van der Waals surface area contributed by atoms with Crippen LogP contribution >= 0.6 is 23.5 Å². The number of anilines is 4. The molecule has 4 aromatic carbocycles. The molecule has 3 heterocycles. The Kier molecular flexibility index (Phi) is 9.75. The summed E-state index contributed by atoms with van der Waals surface area (Å²) in [4.78, 5) is 58.9. The molecule has 7 rings (SSSR count). The molecule has 0 radical (unpaired) electrons. The highest BCUT2D eigenvalue weighted by Crippen LogP contribution is 2.50. The van der Waals surface area contributed by atoms with Gasteiger partial charge in [-0.05, 0) is 71.7 Å². The molecule has 1 saturated heterocycles. The molecule has 0 unspecified atom stereocenters. The van der Waals surface area contributed by atoms with Gasteiger partial charge in [0.1, 0.15) is 17.2 Å². The van der Waals surface area contributed by atoms with Crippen molar-refractivity contribution >= 4 is 70.0 Å². The fourth-order valence-corrected chi connectivity index (χ4v) is 9.18. The lowest BCUT2D eigenvalue weighted by atomic mass is 9.88. The number of aliphatic carboxylic acids is 1. The van der Waals surface area contributed by atoms with Gasteiger partial charge in [0.25, 0.3) is 0 Å². The highest BCUT2D eigenvalue weighted by atomic mass is 32.2. The third-order valence-electron chi connectivity index (χ3n) is 9.29. The van der Waals surface area contributed by atoms with Crippen molar-refractivity contribution in [3.8, 4) is 5.75 Å². The van der Waals surface area contributed by atoms with Gasteiger partial charge in [-0.25, -0.2) is 20.3 Å². The molecule has 3 aliphatic heterocycles. The number of nitrogens with zero attached hydrogens (tertiary/aromatic N) is 4. The predicted molar refractivity (Wildman–Crippen MR) is 203 cm³/mol.